The molecule has 0 aliphatic heterocycles. The predicted molar refractivity (Wildman–Crippen MR) is 116 cm³/mol. The molecule has 0 atom stereocenters. The highest BCUT2D eigenvalue weighted by atomic mass is 79.9. The van der Waals surface area contributed by atoms with E-state index in [9.17, 15) is 9.59 Å². The first-order valence-corrected chi connectivity index (χ1v) is 9.77. The molecular formula is C22H20BrN3O4. The molecule has 0 bridgehead atoms. The molecule has 0 aliphatic rings. The Balaban J connectivity index is 1.97. The van der Waals surface area contributed by atoms with Gasteiger partial charge in [-0.15, -0.1) is 6.42 Å². The van der Waals surface area contributed by atoms with Crippen LogP contribution in [0.5, 0.6) is 11.5 Å². The predicted octanol–water partition coefficient (Wildman–Crippen LogP) is 3.18. The minimum absolute atomic E-state index is 0.157. The maximum absolute atomic E-state index is 12.4. The number of nitrogens with zero attached hydrogens (tertiary/aromatic N) is 2. The van der Waals surface area contributed by atoms with Crippen LogP contribution in [0, 0.1) is 23.7 Å². The number of nitrogens with one attached hydrogen (secondary N) is 1. The Bertz CT molecular complexity index is 1020. The van der Waals surface area contributed by atoms with E-state index in [1.165, 1.54) is 18.0 Å². The summed E-state index contributed by atoms with van der Waals surface area (Å²) in [7, 11) is 1.50. The first-order valence-electron chi connectivity index (χ1n) is 8.97. The summed E-state index contributed by atoms with van der Waals surface area (Å²) in [6.45, 7) is 1.70. The van der Waals surface area contributed by atoms with Gasteiger partial charge in [0.05, 0.1) is 29.3 Å². The van der Waals surface area contributed by atoms with Gasteiger partial charge >= 0.3 is 0 Å². The highest BCUT2D eigenvalue weighted by molar-refractivity contribution is 9.10. The largest absolute Gasteiger partial charge is 0.490 e. The van der Waals surface area contributed by atoms with E-state index in [0.29, 0.717) is 39.4 Å². The summed E-state index contributed by atoms with van der Waals surface area (Å²) in [4.78, 5) is 25.9. The average molecular weight is 470 g/mol. The van der Waals surface area contributed by atoms with E-state index in [2.05, 4.69) is 27.2 Å². The smallest absolute Gasteiger partial charge is 0.260 e. The second-order valence-electron chi connectivity index (χ2n) is 6.14. The molecule has 0 unspecified atom stereocenters. The van der Waals surface area contributed by atoms with Gasteiger partial charge < -0.3 is 19.7 Å². The van der Waals surface area contributed by atoms with Crippen LogP contribution in [0.25, 0.3) is 0 Å². The number of anilines is 1. The monoisotopic (exact) mass is 469 g/mol. The Hall–Kier alpha value is -3.49. The summed E-state index contributed by atoms with van der Waals surface area (Å²) in [6.07, 6.45) is 5.35. The SMILES string of the molecule is C#Cc1cccc(NC(=O)CN(C)C(=O)COc2c(Br)cc(C#N)cc2OCC)c1. The number of rotatable bonds is 8. The third kappa shape index (κ3) is 6.26. The highest BCUT2D eigenvalue weighted by Crippen LogP contribution is 2.36. The fraction of sp³-hybridized carbons (Fsp3) is 0.227. The molecule has 2 amide bonds. The van der Waals surface area contributed by atoms with Gasteiger partial charge in [0.2, 0.25) is 5.91 Å². The first kappa shape index (κ1) is 22.8. The van der Waals surface area contributed by atoms with Crippen LogP contribution in [0.4, 0.5) is 5.69 Å². The van der Waals surface area contributed by atoms with Crippen molar-refractivity contribution in [3.63, 3.8) is 0 Å². The number of ether oxygens (including phenoxy) is 2. The molecule has 0 saturated heterocycles. The number of hydrogen-bond donors (Lipinski definition) is 1. The van der Waals surface area contributed by atoms with Gasteiger partial charge in [-0.3, -0.25) is 9.59 Å². The van der Waals surface area contributed by atoms with Crippen LogP contribution in [-0.4, -0.2) is 43.5 Å². The molecule has 7 nitrogen and oxygen atoms in total. The summed E-state index contributed by atoms with van der Waals surface area (Å²) in [6, 6.07) is 12.0. The van der Waals surface area contributed by atoms with Crippen LogP contribution in [0.1, 0.15) is 18.1 Å². The zero-order chi connectivity index (χ0) is 22.1. The molecule has 0 aliphatic carbocycles. The summed E-state index contributed by atoms with van der Waals surface area (Å²) < 4.78 is 11.6. The van der Waals surface area contributed by atoms with Crippen LogP contribution in [0.3, 0.4) is 0 Å². The minimum Gasteiger partial charge on any atom is -0.490 e. The van der Waals surface area contributed by atoms with E-state index in [1.807, 2.05) is 6.07 Å². The highest BCUT2D eigenvalue weighted by Gasteiger charge is 2.17. The van der Waals surface area contributed by atoms with Crippen LogP contribution in [0.2, 0.25) is 0 Å². The Kier molecular flexibility index (Phi) is 8.28. The van der Waals surface area contributed by atoms with Gasteiger partial charge in [0.15, 0.2) is 18.1 Å². The van der Waals surface area contributed by atoms with E-state index >= 15 is 0 Å². The Morgan fingerprint density at radius 2 is 2.00 bits per heavy atom. The van der Waals surface area contributed by atoms with Crippen molar-refractivity contribution in [1.29, 1.82) is 5.26 Å². The zero-order valence-corrected chi connectivity index (χ0v) is 18.2. The van der Waals surface area contributed by atoms with Crippen LogP contribution in [-0.2, 0) is 9.59 Å². The average Bonchev–Trinajstić information content (AvgIpc) is 2.72. The summed E-state index contributed by atoms with van der Waals surface area (Å²) in [5.74, 6) is 2.39. The fourth-order valence-electron chi connectivity index (χ4n) is 2.47. The van der Waals surface area contributed by atoms with Crippen molar-refractivity contribution in [1.82, 2.24) is 4.90 Å². The van der Waals surface area contributed by atoms with Gasteiger partial charge in [0.25, 0.3) is 5.91 Å². The number of amides is 2. The lowest BCUT2D eigenvalue weighted by Crippen LogP contribution is -2.37. The second kappa shape index (κ2) is 10.9. The van der Waals surface area contributed by atoms with Crippen LogP contribution < -0.4 is 14.8 Å². The lowest BCUT2D eigenvalue weighted by Gasteiger charge is -2.18. The van der Waals surface area contributed by atoms with Crippen molar-refractivity contribution < 1.29 is 19.1 Å². The second-order valence-corrected chi connectivity index (χ2v) is 7.00. The number of carbonyl (C=O) groups is 2. The normalized spacial score (nSPS) is 9.77. The lowest BCUT2D eigenvalue weighted by atomic mass is 10.2. The van der Waals surface area contributed by atoms with E-state index in [-0.39, 0.29) is 19.1 Å². The first-order chi connectivity index (χ1) is 14.4. The molecule has 2 aromatic carbocycles. The number of nitriles is 1. The van der Waals surface area contributed by atoms with Gasteiger partial charge in [-0.25, -0.2) is 0 Å². The zero-order valence-electron chi connectivity index (χ0n) is 16.6. The molecule has 0 saturated carbocycles. The van der Waals surface area contributed by atoms with Crippen molar-refractivity contribution in [2.24, 2.45) is 0 Å². The molecule has 0 heterocycles. The number of likely N-dealkylation sites (N-methyl/N-ethyl adjacent to an activating group) is 1. The molecule has 0 aromatic heterocycles. The molecule has 1 N–H and O–H groups in total. The minimum atomic E-state index is -0.402. The Labute approximate surface area is 183 Å². The van der Waals surface area contributed by atoms with Crippen molar-refractivity contribution in [3.05, 3.63) is 52.0 Å². The van der Waals surface area contributed by atoms with E-state index in [1.54, 1.807) is 37.3 Å². The van der Waals surface area contributed by atoms with Gasteiger partial charge in [0, 0.05) is 24.4 Å². The maximum Gasteiger partial charge on any atom is 0.260 e. The van der Waals surface area contributed by atoms with E-state index in [0.717, 1.165) is 0 Å². The number of benzene rings is 2. The van der Waals surface area contributed by atoms with Gasteiger partial charge in [-0.1, -0.05) is 12.0 Å². The Morgan fingerprint density at radius 3 is 2.67 bits per heavy atom. The van der Waals surface area contributed by atoms with E-state index in [4.69, 9.17) is 21.2 Å². The standard InChI is InChI=1S/C22H20BrN3O4/c1-4-15-7-6-8-17(9-15)25-20(27)13-26(3)21(28)14-30-22-18(23)10-16(12-24)11-19(22)29-5-2/h1,6-11H,5,13-14H2,2-3H3,(H,25,27). The molecule has 2 aromatic rings. The van der Waals surface area contributed by atoms with Crippen molar-refractivity contribution in [2.45, 2.75) is 6.92 Å². The fourth-order valence-corrected chi connectivity index (χ4v) is 3.03. The molecule has 8 heteroatoms. The molecule has 0 radical (unpaired) electrons. The maximum atomic E-state index is 12.4. The van der Waals surface area contributed by atoms with E-state index < -0.39 is 5.91 Å². The summed E-state index contributed by atoms with van der Waals surface area (Å²) in [5, 5.41) is 11.8. The van der Waals surface area contributed by atoms with Crippen molar-refractivity contribution >= 4 is 33.4 Å². The third-order valence-electron chi connectivity index (χ3n) is 3.90. The molecule has 0 spiro atoms. The summed E-state index contributed by atoms with van der Waals surface area (Å²) >= 11 is 3.33. The van der Waals surface area contributed by atoms with Crippen LogP contribution >= 0.6 is 15.9 Å². The Morgan fingerprint density at radius 1 is 1.23 bits per heavy atom. The van der Waals surface area contributed by atoms with Gasteiger partial charge in [-0.05, 0) is 47.1 Å². The molecule has 2 rings (SSSR count). The van der Waals surface area contributed by atoms with Gasteiger partial charge in [0.1, 0.15) is 0 Å². The number of terminal acetylenes is 1. The van der Waals surface area contributed by atoms with Crippen molar-refractivity contribution in [3.8, 4) is 29.9 Å². The molecular weight excluding hydrogens is 450 g/mol. The summed E-state index contributed by atoms with van der Waals surface area (Å²) in [5.41, 5.74) is 1.59. The number of halogens is 1. The van der Waals surface area contributed by atoms with Crippen molar-refractivity contribution in [2.75, 3.05) is 32.1 Å². The van der Waals surface area contributed by atoms with Crippen LogP contribution in [0.15, 0.2) is 40.9 Å². The third-order valence-corrected chi connectivity index (χ3v) is 4.49. The topological polar surface area (TPSA) is 91.7 Å². The lowest BCUT2D eigenvalue weighted by molar-refractivity contribution is -0.135. The molecule has 154 valence electrons. The quantitative estimate of drug-likeness (QED) is 0.599. The molecule has 0 fully saturated rings. The number of carbonyl (C=O) groups excluding carboxylic acids is 2. The van der Waals surface area contributed by atoms with Gasteiger partial charge in [-0.2, -0.15) is 5.26 Å². The number of hydrogen-bond acceptors (Lipinski definition) is 5. The molecule has 30 heavy (non-hydrogen) atoms.